The summed E-state index contributed by atoms with van der Waals surface area (Å²) >= 11 is 1.40. The lowest BCUT2D eigenvalue weighted by Crippen LogP contribution is -2.43. The van der Waals surface area contributed by atoms with E-state index in [2.05, 4.69) is 49.3 Å². The first kappa shape index (κ1) is 17.9. The zero-order valence-corrected chi connectivity index (χ0v) is 16.1. The number of nitrogens with zero attached hydrogens (tertiary/aromatic N) is 5. The largest absolute Gasteiger partial charge is 0.341 e. The lowest BCUT2D eigenvalue weighted by atomic mass is 9.92. The smallest absolute Gasteiger partial charge is 0.233 e. The van der Waals surface area contributed by atoms with E-state index in [1.54, 1.807) is 4.68 Å². The van der Waals surface area contributed by atoms with Crippen LogP contribution in [-0.4, -0.2) is 49.9 Å². The maximum Gasteiger partial charge on any atom is 0.233 e. The van der Waals surface area contributed by atoms with E-state index in [0.29, 0.717) is 22.7 Å². The molecule has 1 saturated heterocycles. The predicted molar refractivity (Wildman–Crippen MR) is 98.9 cm³/mol. The number of amides is 1. The average Bonchev–Trinajstić information content (AvgIpc) is 3.02. The van der Waals surface area contributed by atoms with Gasteiger partial charge in [0.25, 0.3) is 0 Å². The summed E-state index contributed by atoms with van der Waals surface area (Å²) in [4.78, 5) is 14.6. The molecule has 0 unspecified atom stereocenters. The molecule has 1 aliphatic rings. The number of thioether (sulfide) groups is 1. The molecule has 1 aliphatic heterocycles. The van der Waals surface area contributed by atoms with Crippen molar-refractivity contribution in [2.24, 2.45) is 11.8 Å². The number of hydrogen-bond acceptors (Lipinski definition) is 5. The van der Waals surface area contributed by atoms with Crippen LogP contribution < -0.4 is 0 Å². The molecule has 7 heteroatoms. The van der Waals surface area contributed by atoms with Crippen molar-refractivity contribution < 1.29 is 4.79 Å². The van der Waals surface area contributed by atoms with Gasteiger partial charge in [0.2, 0.25) is 11.1 Å². The number of tetrazole rings is 1. The van der Waals surface area contributed by atoms with E-state index in [0.717, 1.165) is 24.3 Å². The Hall–Kier alpha value is -1.89. The maximum absolute atomic E-state index is 12.6. The number of piperidine rings is 1. The van der Waals surface area contributed by atoms with Crippen LogP contribution >= 0.6 is 11.8 Å². The van der Waals surface area contributed by atoms with Crippen molar-refractivity contribution in [3.8, 4) is 5.69 Å². The second kappa shape index (κ2) is 7.56. The van der Waals surface area contributed by atoms with Gasteiger partial charge in [0.15, 0.2) is 0 Å². The molecule has 0 spiro atoms. The molecule has 0 radical (unpaired) electrons. The fourth-order valence-electron chi connectivity index (χ4n) is 3.47. The van der Waals surface area contributed by atoms with Crippen LogP contribution in [-0.2, 0) is 4.79 Å². The Labute approximate surface area is 153 Å². The molecule has 1 fully saturated rings. The van der Waals surface area contributed by atoms with Gasteiger partial charge in [0, 0.05) is 13.1 Å². The molecule has 3 rings (SSSR count). The topological polar surface area (TPSA) is 63.9 Å². The minimum atomic E-state index is 0.166. The molecular weight excluding hydrogens is 334 g/mol. The van der Waals surface area contributed by atoms with Gasteiger partial charge in [-0.3, -0.25) is 4.79 Å². The second-order valence-corrected chi connectivity index (χ2v) is 8.07. The third-order valence-electron chi connectivity index (χ3n) is 4.79. The summed E-state index contributed by atoms with van der Waals surface area (Å²) in [6, 6.07) is 6.06. The Morgan fingerprint density at radius 1 is 1.24 bits per heavy atom. The fraction of sp³-hybridized carbons (Fsp3) is 0.556. The maximum atomic E-state index is 12.6. The third kappa shape index (κ3) is 4.03. The summed E-state index contributed by atoms with van der Waals surface area (Å²) in [5.41, 5.74) is 3.29. The number of likely N-dealkylation sites (tertiary alicyclic amines) is 1. The molecule has 0 N–H and O–H groups in total. The highest BCUT2D eigenvalue weighted by atomic mass is 32.2. The lowest BCUT2D eigenvalue weighted by Gasteiger charge is -2.34. The molecule has 2 atom stereocenters. The Morgan fingerprint density at radius 2 is 1.96 bits per heavy atom. The normalized spacial score (nSPS) is 20.7. The van der Waals surface area contributed by atoms with E-state index in [-0.39, 0.29) is 5.91 Å². The van der Waals surface area contributed by atoms with Crippen LogP contribution in [0.15, 0.2) is 23.4 Å². The molecule has 1 amide bonds. The molecular formula is C18H25N5OS. The zero-order valence-electron chi connectivity index (χ0n) is 15.3. The number of hydrogen-bond donors (Lipinski definition) is 0. The SMILES string of the molecule is Cc1cccc(-n2nnnc2SCC(=O)N2C[C@H](C)C[C@@H](C)C2)c1C. The molecule has 134 valence electrons. The highest BCUT2D eigenvalue weighted by molar-refractivity contribution is 7.99. The van der Waals surface area contributed by atoms with Crippen LogP contribution in [0, 0.1) is 25.7 Å². The van der Waals surface area contributed by atoms with Gasteiger partial charge in [-0.05, 0) is 59.7 Å². The van der Waals surface area contributed by atoms with Gasteiger partial charge in [-0.2, -0.15) is 4.68 Å². The van der Waals surface area contributed by atoms with Gasteiger partial charge in [-0.25, -0.2) is 0 Å². The van der Waals surface area contributed by atoms with Crippen molar-refractivity contribution in [1.29, 1.82) is 0 Å². The van der Waals surface area contributed by atoms with Gasteiger partial charge in [-0.15, -0.1) is 5.10 Å². The first-order valence-electron chi connectivity index (χ1n) is 8.71. The molecule has 0 bridgehead atoms. The van der Waals surface area contributed by atoms with Crippen molar-refractivity contribution >= 4 is 17.7 Å². The minimum Gasteiger partial charge on any atom is -0.341 e. The summed E-state index contributed by atoms with van der Waals surface area (Å²) in [6.07, 6.45) is 1.20. The molecule has 25 heavy (non-hydrogen) atoms. The van der Waals surface area contributed by atoms with Crippen molar-refractivity contribution in [3.05, 3.63) is 29.3 Å². The first-order chi connectivity index (χ1) is 12.0. The minimum absolute atomic E-state index is 0.166. The van der Waals surface area contributed by atoms with Crippen molar-refractivity contribution in [2.45, 2.75) is 39.3 Å². The first-order valence-corrected chi connectivity index (χ1v) is 9.69. The molecule has 2 heterocycles. The summed E-state index contributed by atoms with van der Waals surface area (Å²) in [5.74, 6) is 1.67. The highest BCUT2D eigenvalue weighted by Crippen LogP contribution is 2.25. The monoisotopic (exact) mass is 359 g/mol. The van der Waals surface area contributed by atoms with Crippen LogP contribution in [0.5, 0.6) is 0 Å². The molecule has 1 aromatic carbocycles. The quantitative estimate of drug-likeness (QED) is 0.786. The summed E-state index contributed by atoms with van der Waals surface area (Å²) < 4.78 is 1.72. The van der Waals surface area contributed by atoms with E-state index < -0.39 is 0 Å². The van der Waals surface area contributed by atoms with Gasteiger partial charge < -0.3 is 4.90 Å². The Kier molecular flexibility index (Phi) is 5.42. The van der Waals surface area contributed by atoms with E-state index in [9.17, 15) is 4.79 Å². The lowest BCUT2D eigenvalue weighted by molar-refractivity contribution is -0.130. The number of carbonyl (C=O) groups is 1. The Morgan fingerprint density at radius 3 is 2.68 bits per heavy atom. The van der Waals surface area contributed by atoms with Gasteiger partial charge in [-0.1, -0.05) is 37.7 Å². The van der Waals surface area contributed by atoms with Crippen LogP contribution in [0.4, 0.5) is 0 Å². The summed E-state index contributed by atoms with van der Waals surface area (Å²) in [5, 5.41) is 12.7. The van der Waals surface area contributed by atoms with Crippen LogP contribution in [0.25, 0.3) is 5.69 Å². The molecule has 0 aliphatic carbocycles. The van der Waals surface area contributed by atoms with E-state index >= 15 is 0 Å². The van der Waals surface area contributed by atoms with Crippen molar-refractivity contribution in [3.63, 3.8) is 0 Å². The van der Waals surface area contributed by atoms with Gasteiger partial charge in [0.1, 0.15) is 0 Å². The summed E-state index contributed by atoms with van der Waals surface area (Å²) in [7, 11) is 0. The molecule has 1 aromatic heterocycles. The fourth-order valence-corrected chi connectivity index (χ4v) is 4.26. The number of aryl methyl sites for hydroxylation is 1. The van der Waals surface area contributed by atoms with E-state index in [4.69, 9.17) is 0 Å². The Bertz CT molecular complexity index is 750. The molecule has 2 aromatic rings. The number of rotatable bonds is 4. The van der Waals surface area contributed by atoms with Gasteiger partial charge >= 0.3 is 0 Å². The Balaban J connectivity index is 1.70. The molecule has 6 nitrogen and oxygen atoms in total. The van der Waals surface area contributed by atoms with Crippen molar-refractivity contribution in [2.75, 3.05) is 18.8 Å². The van der Waals surface area contributed by atoms with E-state index in [1.165, 1.54) is 23.7 Å². The third-order valence-corrected chi connectivity index (χ3v) is 5.70. The average molecular weight is 359 g/mol. The van der Waals surface area contributed by atoms with Crippen LogP contribution in [0.3, 0.4) is 0 Å². The number of benzene rings is 1. The van der Waals surface area contributed by atoms with Gasteiger partial charge in [0.05, 0.1) is 11.4 Å². The van der Waals surface area contributed by atoms with Crippen molar-refractivity contribution in [1.82, 2.24) is 25.1 Å². The highest BCUT2D eigenvalue weighted by Gasteiger charge is 2.25. The number of aromatic nitrogens is 4. The second-order valence-electron chi connectivity index (χ2n) is 7.13. The standard InChI is InChI=1S/C18H25N5OS/c1-12-8-13(2)10-22(9-12)17(24)11-25-18-19-20-21-23(18)16-7-5-6-14(3)15(16)4/h5-7,12-13H,8-11H2,1-4H3/t12-,13-/m1/s1. The van der Waals surface area contributed by atoms with E-state index in [1.807, 2.05) is 17.0 Å². The summed E-state index contributed by atoms with van der Waals surface area (Å²) in [6.45, 7) is 10.3. The zero-order chi connectivity index (χ0) is 18.0. The molecule has 0 saturated carbocycles. The predicted octanol–water partition coefficient (Wildman–Crippen LogP) is 2.88. The number of carbonyl (C=O) groups excluding carboxylic acids is 1. The van der Waals surface area contributed by atoms with Crippen LogP contribution in [0.1, 0.15) is 31.4 Å². The van der Waals surface area contributed by atoms with Crippen LogP contribution in [0.2, 0.25) is 0 Å².